The van der Waals surface area contributed by atoms with E-state index in [2.05, 4.69) is 10.6 Å². The van der Waals surface area contributed by atoms with Crippen LogP contribution in [0.4, 0.5) is 0 Å². The van der Waals surface area contributed by atoms with Crippen molar-refractivity contribution in [2.24, 2.45) is 0 Å². The molecule has 0 aromatic rings. The molecule has 2 aliphatic rings. The molecule has 0 spiro atoms. The molecule has 0 amide bonds. The van der Waals surface area contributed by atoms with Crippen LogP contribution in [0.1, 0.15) is 32.1 Å². The zero-order valence-corrected chi connectivity index (χ0v) is 7.10. The third-order valence-corrected chi connectivity index (χ3v) is 2.92. The lowest BCUT2D eigenvalue weighted by atomic mass is 9.93. The minimum atomic E-state index is 0.774. The number of nitrogens with one attached hydrogen (secondary N) is 2. The predicted octanol–water partition coefficient (Wildman–Crippen LogP) is 0.880. The standard InChI is InChI=1S/C9H18N2/c1-3-8(4-1)11-7-9-5-2-6-10-9/h8-11H,1-7H2. The summed E-state index contributed by atoms with van der Waals surface area (Å²) in [6.45, 7) is 2.43. The quantitative estimate of drug-likeness (QED) is 0.630. The van der Waals surface area contributed by atoms with E-state index in [4.69, 9.17) is 0 Å². The zero-order valence-electron chi connectivity index (χ0n) is 7.10. The van der Waals surface area contributed by atoms with Gasteiger partial charge in [-0.25, -0.2) is 0 Å². The third-order valence-electron chi connectivity index (χ3n) is 2.92. The van der Waals surface area contributed by atoms with E-state index in [1.807, 2.05) is 0 Å². The van der Waals surface area contributed by atoms with Crippen molar-refractivity contribution < 1.29 is 0 Å². The van der Waals surface area contributed by atoms with Gasteiger partial charge in [-0.3, -0.25) is 0 Å². The summed E-state index contributed by atoms with van der Waals surface area (Å²) >= 11 is 0. The normalized spacial score (nSPS) is 32.2. The fraction of sp³-hybridized carbons (Fsp3) is 1.00. The molecule has 1 aliphatic carbocycles. The molecule has 2 heteroatoms. The summed E-state index contributed by atoms with van der Waals surface area (Å²) in [5.41, 5.74) is 0. The maximum absolute atomic E-state index is 3.60. The fourth-order valence-corrected chi connectivity index (χ4v) is 1.85. The van der Waals surface area contributed by atoms with E-state index in [-0.39, 0.29) is 0 Å². The summed E-state index contributed by atoms with van der Waals surface area (Å²) in [6.07, 6.45) is 7.01. The molecule has 11 heavy (non-hydrogen) atoms. The molecule has 1 heterocycles. The van der Waals surface area contributed by atoms with Crippen LogP contribution >= 0.6 is 0 Å². The van der Waals surface area contributed by atoms with Crippen molar-refractivity contribution in [3.8, 4) is 0 Å². The molecule has 2 fully saturated rings. The smallest absolute Gasteiger partial charge is 0.0193 e. The van der Waals surface area contributed by atoms with E-state index >= 15 is 0 Å². The Morgan fingerprint density at radius 1 is 1.18 bits per heavy atom. The second-order valence-corrected chi connectivity index (χ2v) is 3.83. The Morgan fingerprint density at radius 3 is 2.64 bits per heavy atom. The summed E-state index contributed by atoms with van der Waals surface area (Å²) in [5.74, 6) is 0. The molecule has 0 aromatic heterocycles. The summed E-state index contributed by atoms with van der Waals surface area (Å²) in [5, 5.41) is 7.10. The Kier molecular flexibility index (Phi) is 2.44. The monoisotopic (exact) mass is 154 g/mol. The lowest BCUT2D eigenvalue weighted by Crippen LogP contribution is -2.42. The molecule has 0 aromatic carbocycles. The Balaban J connectivity index is 1.57. The van der Waals surface area contributed by atoms with Gasteiger partial charge < -0.3 is 10.6 Å². The van der Waals surface area contributed by atoms with Crippen molar-refractivity contribution in [1.82, 2.24) is 10.6 Å². The van der Waals surface area contributed by atoms with Gasteiger partial charge in [-0.05, 0) is 32.2 Å². The molecule has 1 atom stereocenters. The first kappa shape index (κ1) is 7.56. The van der Waals surface area contributed by atoms with Crippen molar-refractivity contribution in [2.75, 3.05) is 13.1 Å². The average molecular weight is 154 g/mol. The van der Waals surface area contributed by atoms with Gasteiger partial charge in [0.25, 0.3) is 0 Å². The van der Waals surface area contributed by atoms with Crippen LogP contribution in [0.5, 0.6) is 0 Å². The van der Waals surface area contributed by atoms with Gasteiger partial charge in [0.2, 0.25) is 0 Å². The maximum Gasteiger partial charge on any atom is 0.0193 e. The molecule has 2 N–H and O–H groups in total. The zero-order chi connectivity index (χ0) is 7.52. The maximum atomic E-state index is 3.60. The molecule has 0 radical (unpaired) electrons. The van der Waals surface area contributed by atoms with Gasteiger partial charge in [0.1, 0.15) is 0 Å². The number of hydrogen-bond donors (Lipinski definition) is 2. The van der Waals surface area contributed by atoms with Crippen molar-refractivity contribution in [2.45, 2.75) is 44.2 Å². The molecule has 1 unspecified atom stereocenters. The highest BCUT2D eigenvalue weighted by atomic mass is 15.0. The largest absolute Gasteiger partial charge is 0.313 e. The summed E-state index contributed by atoms with van der Waals surface area (Å²) < 4.78 is 0. The fourth-order valence-electron chi connectivity index (χ4n) is 1.85. The topological polar surface area (TPSA) is 24.1 Å². The summed E-state index contributed by atoms with van der Waals surface area (Å²) in [6, 6.07) is 1.63. The minimum absolute atomic E-state index is 0.774. The second kappa shape index (κ2) is 3.55. The lowest BCUT2D eigenvalue weighted by molar-refractivity contribution is 0.327. The van der Waals surface area contributed by atoms with Crippen LogP contribution in [-0.2, 0) is 0 Å². The first-order valence-electron chi connectivity index (χ1n) is 4.92. The van der Waals surface area contributed by atoms with Crippen LogP contribution in [0.15, 0.2) is 0 Å². The van der Waals surface area contributed by atoms with Crippen molar-refractivity contribution in [3.05, 3.63) is 0 Å². The Labute approximate surface area is 68.7 Å². The van der Waals surface area contributed by atoms with Crippen LogP contribution in [0.25, 0.3) is 0 Å². The Hall–Kier alpha value is -0.0800. The Morgan fingerprint density at radius 2 is 2.09 bits per heavy atom. The minimum Gasteiger partial charge on any atom is -0.313 e. The number of rotatable bonds is 3. The first-order valence-corrected chi connectivity index (χ1v) is 4.92. The van der Waals surface area contributed by atoms with Crippen LogP contribution in [0, 0.1) is 0 Å². The van der Waals surface area contributed by atoms with Gasteiger partial charge in [-0.1, -0.05) is 6.42 Å². The number of hydrogen-bond acceptors (Lipinski definition) is 2. The van der Waals surface area contributed by atoms with Gasteiger partial charge in [0.05, 0.1) is 0 Å². The highest BCUT2D eigenvalue weighted by Gasteiger charge is 2.19. The van der Waals surface area contributed by atoms with E-state index in [0.29, 0.717) is 0 Å². The van der Waals surface area contributed by atoms with Crippen LogP contribution in [-0.4, -0.2) is 25.2 Å². The molecular weight excluding hydrogens is 136 g/mol. The molecule has 1 aliphatic heterocycles. The van der Waals surface area contributed by atoms with Gasteiger partial charge in [-0.15, -0.1) is 0 Å². The highest BCUT2D eigenvalue weighted by Crippen LogP contribution is 2.18. The average Bonchev–Trinajstić information content (AvgIpc) is 2.36. The van der Waals surface area contributed by atoms with Gasteiger partial charge in [-0.2, -0.15) is 0 Å². The van der Waals surface area contributed by atoms with E-state index in [1.165, 1.54) is 45.2 Å². The Bertz CT molecular complexity index is 115. The van der Waals surface area contributed by atoms with Crippen molar-refractivity contribution >= 4 is 0 Å². The van der Waals surface area contributed by atoms with E-state index in [9.17, 15) is 0 Å². The lowest BCUT2D eigenvalue weighted by Gasteiger charge is -2.27. The second-order valence-electron chi connectivity index (χ2n) is 3.83. The van der Waals surface area contributed by atoms with E-state index in [1.54, 1.807) is 0 Å². The van der Waals surface area contributed by atoms with Crippen LogP contribution < -0.4 is 10.6 Å². The van der Waals surface area contributed by atoms with Crippen LogP contribution in [0.2, 0.25) is 0 Å². The van der Waals surface area contributed by atoms with Gasteiger partial charge >= 0.3 is 0 Å². The molecule has 1 saturated heterocycles. The summed E-state index contributed by atoms with van der Waals surface area (Å²) in [7, 11) is 0. The van der Waals surface area contributed by atoms with Crippen molar-refractivity contribution in [1.29, 1.82) is 0 Å². The van der Waals surface area contributed by atoms with E-state index < -0.39 is 0 Å². The predicted molar refractivity (Wildman–Crippen MR) is 46.7 cm³/mol. The van der Waals surface area contributed by atoms with Crippen molar-refractivity contribution in [3.63, 3.8) is 0 Å². The summed E-state index contributed by atoms with van der Waals surface area (Å²) in [4.78, 5) is 0. The van der Waals surface area contributed by atoms with E-state index in [0.717, 1.165) is 12.1 Å². The highest BCUT2D eigenvalue weighted by molar-refractivity contribution is 4.81. The molecule has 64 valence electrons. The molecule has 2 nitrogen and oxygen atoms in total. The molecule has 1 saturated carbocycles. The molecular formula is C9H18N2. The van der Waals surface area contributed by atoms with Crippen LogP contribution in [0.3, 0.4) is 0 Å². The van der Waals surface area contributed by atoms with Gasteiger partial charge in [0, 0.05) is 18.6 Å². The van der Waals surface area contributed by atoms with Gasteiger partial charge in [0.15, 0.2) is 0 Å². The SMILES string of the molecule is C1CC(NCC2CCCN2)C1. The first-order chi connectivity index (χ1) is 5.45. The molecule has 2 rings (SSSR count). The third kappa shape index (κ3) is 1.94. The molecule has 0 bridgehead atoms.